The summed E-state index contributed by atoms with van der Waals surface area (Å²) in [5, 5.41) is 0. The molecular formula is C6H10BrO. The highest BCUT2D eigenvalue weighted by molar-refractivity contribution is 9.09. The van der Waals surface area contributed by atoms with Gasteiger partial charge in [-0.2, -0.15) is 0 Å². The van der Waals surface area contributed by atoms with E-state index in [9.17, 15) is 0 Å². The van der Waals surface area contributed by atoms with Crippen LogP contribution >= 0.6 is 15.9 Å². The van der Waals surface area contributed by atoms with Crippen LogP contribution in [0, 0.1) is 6.61 Å². The van der Waals surface area contributed by atoms with Crippen LogP contribution in [0.5, 0.6) is 0 Å². The topological polar surface area (TPSA) is 9.23 Å². The van der Waals surface area contributed by atoms with E-state index in [1.54, 1.807) is 0 Å². The maximum Gasteiger partial charge on any atom is 0.0976 e. The van der Waals surface area contributed by atoms with Gasteiger partial charge in [0.2, 0.25) is 0 Å². The molecule has 0 aliphatic carbocycles. The van der Waals surface area contributed by atoms with Crippen LogP contribution in [-0.4, -0.2) is 10.9 Å². The van der Waals surface area contributed by atoms with E-state index in [0.29, 0.717) is 10.9 Å². The summed E-state index contributed by atoms with van der Waals surface area (Å²) in [6.07, 6.45) is 2.82. The predicted octanol–water partition coefficient (Wildman–Crippen LogP) is 2.11. The highest BCUT2D eigenvalue weighted by atomic mass is 79.9. The zero-order valence-corrected chi connectivity index (χ0v) is 6.52. The summed E-state index contributed by atoms with van der Waals surface area (Å²) >= 11 is 3.44. The van der Waals surface area contributed by atoms with Gasteiger partial charge in [0.15, 0.2) is 0 Å². The number of halogens is 1. The molecule has 1 fully saturated rings. The second-order valence-corrected chi connectivity index (χ2v) is 3.35. The molecule has 0 spiro atoms. The van der Waals surface area contributed by atoms with Crippen LogP contribution in [0.3, 0.4) is 0 Å². The van der Waals surface area contributed by atoms with Crippen molar-refractivity contribution in [3.05, 3.63) is 6.61 Å². The first kappa shape index (κ1) is 6.56. The summed E-state index contributed by atoms with van der Waals surface area (Å²) in [4.78, 5) is 0.485. The maximum atomic E-state index is 5.22. The van der Waals surface area contributed by atoms with Crippen LogP contribution in [-0.2, 0) is 4.74 Å². The molecule has 47 valence electrons. The zero-order valence-electron chi connectivity index (χ0n) is 4.93. The molecule has 2 unspecified atom stereocenters. The Morgan fingerprint density at radius 1 is 1.62 bits per heavy atom. The third-order valence-corrected chi connectivity index (χ3v) is 1.98. The van der Waals surface area contributed by atoms with Gasteiger partial charge in [-0.25, -0.2) is 0 Å². The van der Waals surface area contributed by atoms with Crippen molar-refractivity contribution in [3.8, 4) is 0 Å². The standard InChI is InChI=1S/C6H10BrO/c1-5-2-3-6(7)4-8-5/h4-6H,2-3H2,1H3. The molecule has 0 aromatic rings. The summed E-state index contributed by atoms with van der Waals surface area (Å²) in [6.45, 7) is 3.96. The molecule has 2 heteroatoms. The molecule has 0 N–H and O–H groups in total. The van der Waals surface area contributed by atoms with Gasteiger partial charge >= 0.3 is 0 Å². The minimum Gasteiger partial charge on any atom is -0.371 e. The quantitative estimate of drug-likeness (QED) is 0.516. The van der Waals surface area contributed by atoms with Crippen LogP contribution in [0.15, 0.2) is 0 Å². The van der Waals surface area contributed by atoms with Crippen LogP contribution in [0.2, 0.25) is 0 Å². The van der Waals surface area contributed by atoms with Gasteiger partial charge in [-0.1, -0.05) is 15.9 Å². The second kappa shape index (κ2) is 2.83. The van der Waals surface area contributed by atoms with Crippen molar-refractivity contribution in [1.82, 2.24) is 0 Å². The fourth-order valence-electron chi connectivity index (χ4n) is 0.749. The molecule has 0 amide bonds. The van der Waals surface area contributed by atoms with Gasteiger partial charge in [-0.05, 0) is 19.8 Å². The molecule has 0 saturated carbocycles. The van der Waals surface area contributed by atoms with Crippen LogP contribution in [0.4, 0.5) is 0 Å². The number of alkyl halides is 1. The Morgan fingerprint density at radius 2 is 2.38 bits per heavy atom. The smallest absolute Gasteiger partial charge is 0.0976 e. The van der Waals surface area contributed by atoms with Crippen molar-refractivity contribution in [2.45, 2.75) is 30.7 Å². The fourth-order valence-corrected chi connectivity index (χ4v) is 1.14. The van der Waals surface area contributed by atoms with Crippen molar-refractivity contribution in [1.29, 1.82) is 0 Å². The van der Waals surface area contributed by atoms with Gasteiger partial charge < -0.3 is 4.74 Å². The minimum atomic E-state index is 0.434. The van der Waals surface area contributed by atoms with Crippen molar-refractivity contribution >= 4 is 15.9 Å². The zero-order chi connectivity index (χ0) is 5.98. The lowest BCUT2D eigenvalue weighted by Gasteiger charge is -2.21. The van der Waals surface area contributed by atoms with Gasteiger partial charge in [-0.3, -0.25) is 0 Å². The lowest BCUT2D eigenvalue weighted by Crippen LogP contribution is -2.18. The highest BCUT2D eigenvalue weighted by Crippen LogP contribution is 2.21. The maximum absolute atomic E-state index is 5.22. The van der Waals surface area contributed by atoms with Crippen LogP contribution in [0.1, 0.15) is 19.8 Å². The van der Waals surface area contributed by atoms with Crippen molar-refractivity contribution in [3.63, 3.8) is 0 Å². The lowest BCUT2D eigenvalue weighted by molar-refractivity contribution is 0.0829. The third kappa shape index (κ3) is 1.75. The number of ether oxygens (including phenoxy) is 1. The first-order valence-electron chi connectivity index (χ1n) is 2.92. The second-order valence-electron chi connectivity index (χ2n) is 2.18. The number of hydrogen-bond acceptors (Lipinski definition) is 1. The molecule has 1 nitrogen and oxygen atoms in total. The van der Waals surface area contributed by atoms with E-state index in [-0.39, 0.29) is 0 Å². The van der Waals surface area contributed by atoms with Gasteiger partial charge in [-0.15, -0.1) is 0 Å². The Bertz CT molecular complexity index is 56.9. The molecular weight excluding hydrogens is 168 g/mol. The summed E-state index contributed by atoms with van der Waals surface area (Å²) in [7, 11) is 0. The lowest BCUT2D eigenvalue weighted by atomic mass is 10.1. The van der Waals surface area contributed by atoms with E-state index in [1.807, 2.05) is 6.61 Å². The van der Waals surface area contributed by atoms with E-state index in [2.05, 4.69) is 22.9 Å². The molecule has 0 aromatic heterocycles. The van der Waals surface area contributed by atoms with E-state index in [0.717, 1.165) is 0 Å². The number of rotatable bonds is 0. The van der Waals surface area contributed by atoms with Crippen molar-refractivity contribution in [2.75, 3.05) is 0 Å². The van der Waals surface area contributed by atoms with Crippen LogP contribution in [0.25, 0.3) is 0 Å². The van der Waals surface area contributed by atoms with Gasteiger partial charge in [0.25, 0.3) is 0 Å². The fraction of sp³-hybridized carbons (Fsp3) is 0.833. The minimum absolute atomic E-state index is 0.434. The van der Waals surface area contributed by atoms with E-state index in [1.165, 1.54) is 12.8 Å². The Labute approximate surface area is 58.5 Å². The SMILES string of the molecule is CC1CCC(Br)[CH]O1. The van der Waals surface area contributed by atoms with E-state index >= 15 is 0 Å². The van der Waals surface area contributed by atoms with Gasteiger partial charge in [0.1, 0.15) is 0 Å². The molecule has 0 bridgehead atoms. The molecule has 1 aliphatic rings. The van der Waals surface area contributed by atoms with Crippen LogP contribution < -0.4 is 0 Å². The monoisotopic (exact) mass is 177 g/mol. The molecule has 1 aliphatic heterocycles. The first-order chi connectivity index (χ1) is 3.79. The summed E-state index contributed by atoms with van der Waals surface area (Å²) in [5.41, 5.74) is 0. The molecule has 2 atom stereocenters. The molecule has 8 heavy (non-hydrogen) atoms. The summed E-state index contributed by atoms with van der Waals surface area (Å²) in [5.74, 6) is 0. The Morgan fingerprint density at radius 3 is 2.75 bits per heavy atom. The van der Waals surface area contributed by atoms with Gasteiger partial charge in [0, 0.05) is 4.83 Å². The van der Waals surface area contributed by atoms with E-state index < -0.39 is 0 Å². The highest BCUT2D eigenvalue weighted by Gasteiger charge is 2.15. The Balaban J connectivity index is 2.19. The summed E-state index contributed by atoms with van der Waals surface area (Å²) in [6, 6.07) is 0. The Hall–Kier alpha value is 0.440. The third-order valence-electron chi connectivity index (χ3n) is 1.31. The predicted molar refractivity (Wildman–Crippen MR) is 36.8 cm³/mol. The average Bonchev–Trinajstić information content (AvgIpc) is 1.77. The van der Waals surface area contributed by atoms with Gasteiger partial charge in [0.05, 0.1) is 12.7 Å². The molecule has 1 rings (SSSR count). The first-order valence-corrected chi connectivity index (χ1v) is 3.83. The normalized spacial score (nSPS) is 39.8. The average molecular weight is 178 g/mol. The largest absolute Gasteiger partial charge is 0.371 e. The molecule has 1 saturated heterocycles. The summed E-state index contributed by atoms with van der Waals surface area (Å²) < 4.78 is 5.22. The molecule has 1 radical (unpaired) electrons. The van der Waals surface area contributed by atoms with Crippen molar-refractivity contribution in [2.24, 2.45) is 0 Å². The Kier molecular flexibility index (Phi) is 2.32. The van der Waals surface area contributed by atoms with Crippen molar-refractivity contribution < 1.29 is 4.74 Å². The molecule has 0 aromatic carbocycles. The molecule has 1 heterocycles. The number of hydrogen-bond donors (Lipinski definition) is 0. The van der Waals surface area contributed by atoms with E-state index in [4.69, 9.17) is 4.74 Å².